The lowest BCUT2D eigenvalue weighted by molar-refractivity contribution is 0.661. The van der Waals surface area contributed by atoms with Gasteiger partial charge in [0.25, 0.3) is 0 Å². The normalized spacial score (nSPS) is 14.5. The first-order valence-corrected chi connectivity index (χ1v) is 19.2. The number of para-hydroxylation sites is 3. The molecule has 1 atom stereocenters. The molecule has 1 aliphatic rings. The third-order valence-electron chi connectivity index (χ3n) is 11.5. The highest BCUT2D eigenvalue weighted by molar-refractivity contribution is 7.26. The minimum absolute atomic E-state index is 0.373. The minimum atomic E-state index is 0.373. The molecule has 1 aliphatic carbocycles. The topological polar surface area (TPSA) is 23.0 Å². The molecule has 4 heteroatoms. The van der Waals surface area contributed by atoms with Crippen LogP contribution < -0.4 is 0 Å². The number of thiophene rings is 1. The largest absolute Gasteiger partial charge is 0.454 e. The van der Waals surface area contributed by atoms with Crippen molar-refractivity contribution < 1.29 is 4.42 Å². The smallest absolute Gasteiger partial charge is 0.159 e. The van der Waals surface area contributed by atoms with Crippen LogP contribution in [-0.2, 0) is 0 Å². The Kier molecular flexibility index (Phi) is 5.98. The van der Waals surface area contributed by atoms with E-state index in [0.717, 1.165) is 34.0 Å². The monoisotopic (exact) mass is 696 g/mol. The highest BCUT2D eigenvalue weighted by Crippen LogP contribution is 2.45. The molecule has 0 N–H and O–H groups in total. The molecule has 250 valence electrons. The number of hydrogen-bond acceptors (Lipinski definition) is 2. The zero-order valence-electron chi connectivity index (χ0n) is 29.0. The molecule has 12 rings (SSSR count). The maximum absolute atomic E-state index is 6.58. The highest BCUT2D eigenvalue weighted by Gasteiger charge is 2.26. The summed E-state index contributed by atoms with van der Waals surface area (Å²) in [7, 11) is 0. The summed E-state index contributed by atoms with van der Waals surface area (Å²) in [6.07, 6.45) is 5.69. The molecule has 0 aliphatic heterocycles. The molecule has 0 saturated carbocycles. The van der Waals surface area contributed by atoms with Crippen molar-refractivity contribution in [2.24, 2.45) is 0 Å². The van der Waals surface area contributed by atoms with Gasteiger partial charge < -0.3 is 13.6 Å². The molecule has 0 amide bonds. The second kappa shape index (κ2) is 10.8. The molecule has 11 aromatic rings. The van der Waals surface area contributed by atoms with Crippen LogP contribution in [0, 0.1) is 0 Å². The van der Waals surface area contributed by atoms with Crippen molar-refractivity contribution in [1.29, 1.82) is 0 Å². The van der Waals surface area contributed by atoms with E-state index in [9.17, 15) is 0 Å². The second-order valence-electron chi connectivity index (χ2n) is 14.5. The van der Waals surface area contributed by atoms with Gasteiger partial charge in [0.05, 0.1) is 32.6 Å². The quantitative estimate of drug-likeness (QED) is 0.180. The summed E-state index contributed by atoms with van der Waals surface area (Å²) in [6.45, 7) is 2.35. The molecule has 53 heavy (non-hydrogen) atoms. The second-order valence-corrected chi connectivity index (χ2v) is 15.5. The van der Waals surface area contributed by atoms with Crippen molar-refractivity contribution in [3.8, 4) is 22.5 Å². The Labute approximate surface area is 309 Å². The van der Waals surface area contributed by atoms with Crippen LogP contribution in [0.4, 0.5) is 0 Å². The molecule has 7 aromatic carbocycles. The molecule has 0 bridgehead atoms. The molecular weight excluding hydrogens is 665 g/mol. The molecule has 0 fully saturated rings. The number of allylic oxidation sites excluding steroid dienone is 1. The molecule has 4 aromatic heterocycles. The summed E-state index contributed by atoms with van der Waals surface area (Å²) in [4.78, 5) is 0. The van der Waals surface area contributed by atoms with Gasteiger partial charge in [0.2, 0.25) is 0 Å². The first kappa shape index (κ1) is 29.2. The van der Waals surface area contributed by atoms with E-state index in [-0.39, 0.29) is 0 Å². The fraction of sp³-hybridized carbons (Fsp3) is 0.0612. The minimum Gasteiger partial charge on any atom is -0.454 e. The third kappa shape index (κ3) is 4.04. The van der Waals surface area contributed by atoms with Crippen molar-refractivity contribution in [2.45, 2.75) is 19.3 Å². The Hall–Kier alpha value is -6.36. The SMILES string of the molecule is CC1CC=Cc2c1n(-c1cccc3c1oc1ccccc13)c1ccc(-c3ccc4c(c3)c3ccccc3n4-c3cccc4c3sc3ccccc34)cc21. The summed E-state index contributed by atoms with van der Waals surface area (Å²) in [5, 5.41) is 8.75. The summed E-state index contributed by atoms with van der Waals surface area (Å²) in [5.41, 5.74) is 12.9. The van der Waals surface area contributed by atoms with Gasteiger partial charge in [-0.3, -0.25) is 0 Å². The van der Waals surface area contributed by atoms with Crippen LogP contribution >= 0.6 is 11.3 Å². The van der Waals surface area contributed by atoms with E-state index in [2.05, 4.69) is 168 Å². The number of rotatable bonds is 3. The summed E-state index contributed by atoms with van der Waals surface area (Å²) in [6, 6.07) is 53.3. The van der Waals surface area contributed by atoms with Gasteiger partial charge in [-0.25, -0.2) is 0 Å². The van der Waals surface area contributed by atoms with E-state index in [1.165, 1.54) is 81.0 Å². The highest BCUT2D eigenvalue weighted by atomic mass is 32.1. The van der Waals surface area contributed by atoms with Crippen molar-refractivity contribution in [3.63, 3.8) is 0 Å². The zero-order valence-corrected chi connectivity index (χ0v) is 29.8. The fourth-order valence-electron chi connectivity index (χ4n) is 9.17. The first-order chi connectivity index (χ1) is 26.2. The maximum atomic E-state index is 6.58. The van der Waals surface area contributed by atoms with Gasteiger partial charge in [0, 0.05) is 59.6 Å². The average Bonchev–Trinajstić information content (AvgIpc) is 3.96. The van der Waals surface area contributed by atoms with Crippen molar-refractivity contribution >= 4 is 92.2 Å². The Morgan fingerprint density at radius 1 is 0.547 bits per heavy atom. The van der Waals surface area contributed by atoms with Crippen molar-refractivity contribution in [2.75, 3.05) is 0 Å². The van der Waals surface area contributed by atoms with Gasteiger partial charge in [0.1, 0.15) is 5.58 Å². The molecular formula is C49H32N2OS. The van der Waals surface area contributed by atoms with Crippen molar-refractivity contribution in [3.05, 3.63) is 163 Å². The van der Waals surface area contributed by atoms with E-state index in [1.54, 1.807) is 0 Å². The lowest BCUT2D eigenvalue weighted by atomic mass is 9.92. The van der Waals surface area contributed by atoms with Gasteiger partial charge in [-0.1, -0.05) is 110 Å². The molecule has 0 spiro atoms. The van der Waals surface area contributed by atoms with Crippen LogP contribution in [0.25, 0.3) is 103 Å². The Morgan fingerprint density at radius 3 is 2.08 bits per heavy atom. The van der Waals surface area contributed by atoms with Crippen LogP contribution in [0.3, 0.4) is 0 Å². The number of benzene rings is 7. The number of aromatic nitrogens is 2. The van der Waals surface area contributed by atoms with Crippen LogP contribution in [0.1, 0.15) is 30.5 Å². The van der Waals surface area contributed by atoms with Crippen LogP contribution in [0.5, 0.6) is 0 Å². The lowest BCUT2D eigenvalue weighted by Crippen LogP contribution is -2.07. The van der Waals surface area contributed by atoms with E-state index in [0.29, 0.717) is 5.92 Å². The molecule has 4 heterocycles. The molecule has 1 unspecified atom stereocenters. The van der Waals surface area contributed by atoms with E-state index in [1.807, 2.05) is 17.4 Å². The molecule has 3 nitrogen and oxygen atoms in total. The van der Waals surface area contributed by atoms with E-state index >= 15 is 0 Å². The van der Waals surface area contributed by atoms with Crippen molar-refractivity contribution in [1.82, 2.24) is 9.13 Å². The Bertz CT molecular complexity index is 3350. The van der Waals surface area contributed by atoms with E-state index in [4.69, 9.17) is 4.42 Å². The van der Waals surface area contributed by atoms with Crippen LogP contribution in [-0.4, -0.2) is 9.13 Å². The number of furan rings is 1. The van der Waals surface area contributed by atoms with Crippen LogP contribution in [0.2, 0.25) is 0 Å². The molecule has 0 radical (unpaired) electrons. The Morgan fingerprint density at radius 2 is 1.21 bits per heavy atom. The zero-order chi connectivity index (χ0) is 34.8. The fourth-order valence-corrected chi connectivity index (χ4v) is 10.4. The van der Waals surface area contributed by atoms with Gasteiger partial charge in [-0.15, -0.1) is 11.3 Å². The lowest BCUT2D eigenvalue weighted by Gasteiger charge is -2.19. The predicted molar refractivity (Wildman–Crippen MR) is 225 cm³/mol. The van der Waals surface area contributed by atoms with Gasteiger partial charge in [-0.05, 0) is 72.1 Å². The third-order valence-corrected chi connectivity index (χ3v) is 12.7. The van der Waals surface area contributed by atoms with Gasteiger partial charge in [-0.2, -0.15) is 0 Å². The van der Waals surface area contributed by atoms with Crippen LogP contribution in [0.15, 0.2) is 156 Å². The number of fused-ring (bicyclic) bond motifs is 12. The summed E-state index contributed by atoms with van der Waals surface area (Å²) >= 11 is 1.88. The number of hydrogen-bond donors (Lipinski definition) is 0. The summed E-state index contributed by atoms with van der Waals surface area (Å²) in [5.74, 6) is 0.373. The maximum Gasteiger partial charge on any atom is 0.159 e. The predicted octanol–water partition coefficient (Wildman–Crippen LogP) is 14.2. The first-order valence-electron chi connectivity index (χ1n) is 18.4. The van der Waals surface area contributed by atoms with Gasteiger partial charge >= 0.3 is 0 Å². The average molecular weight is 697 g/mol. The van der Waals surface area contributed by atoms with Gasteiger partial charge in [0.15, 0.2) is 5.58 Å². The van der Waals surface area contributed by atoms with E-state index < -0.39 is 0 Å². The number of nitrogens with zero attached hydrogens (tertiary/aromatic N) is 2. The Balaban J connectivity index is 1.07. The molecule has 0 saturated heterocycles. The summed E-state index contributed by atoms with van der Waals surface area (Å²) < 4.78 is 14.2. The standard InChI is InChI=1S/C49H32N2OS/c1-29-11-8-15-35-39-28-31(24-26-42(39)51(47(29)35)43-19-9-16-36-33-13-3-6-21-45(33)52-48(36)43)30-23-25-41-38(27-30)32-12-2-5-18-40(32)50(41)44-20-10-17-37-34-14-4-7-22-46(34)53-49(37)44/h2-10,12-29H,11H2,1H3.